The van der Waals surface area contributed by atoms with Crippen LogP contribution in [0.5, 0.6) is 0 Å². The summed E-state index contributed by atoms with van der Waals surface area (Å²) in [5.41, 5.74) is 1.99. The standard InChI is InChI=1S/C18H16N2O3S2/c1-19(2)14-8-7-11(12-5-3-4-6-13(12)14)9-15-17(23)20(10-16(21)22)18(24)25-15/h3-9H,10H2,1-2H3,(H,21,22)/b15-9+. The number of fused-ring (bicyclic) bond motifs is 1. The van der Waals surface area contributed by atoms with Crippen molar-refractivity contribution in [2.24, 2.45) is 0 Å². The molecule has 1 fully saturated rings. The molecule has 0 saturated carbocycles. The fraction of sp³-hybridized carbons (Fsp3) is 0.167. The van der Waals surface area contributed by atoms with E-state index in [9.17, 15) is 9.59 Å². The first-order chi connectivity index (χ1) is 11.9. The van der Waals surface area contributed by atoms with Gasteiger partial charge in [-0.25, -0.2) is 0 Å². The molecular formula is C18H16N2O3S2. The van der Waals surface area contributed by atoms with E-state index in [0.717, 1.165) is 38.7 Å². The van der Waals surface area contributed by atoms with Crippen molar-refractivity contribution < 1.29 is 14.7 Å². The number of benzene rings is 2. The van der Waals surface area contributed by atoms with Gasteiger partial charge >= 0.3 is 5.97 Å². The lowest BCUT2D eigenvalue weighted by molar-refractivity contribution is -0.140. The number of hydrogen-bond acceptors (Lipinski definition) is 5. The second kappa shape index (κ2) is 6.85. The maximum Gasteiger partial charge on any atom is 0.323 e. The topological polar surface area (TPSA) is 60.9 Å². The average molecular weight is 372 g/mol. The molecule has 0 spiro atoms. The molecule has 0 unspecified atom stereocenters. The van der Waals surface area contributed by atoms with Gasteiger partial charge in [0.05, 0.1) is 4.91 Å². The molecule has 2 aromatic rings. The number of amides is 1. The smallest absolute Gasteiger partial charge is 0.323 e. The lowest BCUT2D eigenvalue weighted by atomic mass is 10.0. The van der Waals surface area contributed by atoms with Crippen molar-refractivity contribution in [3.63, 3.8) is 0 Å². The minimum atomic E-state index is -1.08. The summed E-state index contributed by atoms with van der Waals surface area (Å²) in [6, 6.07) is 11.9. The van der Waals surface area contributed by atoms with Crippen molar-refractivity contribution >= 4 is 62.7 Å². The van der Waals surface area contributed by atoms with Crippen LogP contribution in [0.15, 0.2) is 41.3 Å². The number of thiocarbonyl (C=S) groups is 1. The minimum absolute atomic E-state index is 0.271. The van der Waals surface area contributed by atoms with E-state index < -0.39 is 12.5 Å². The third-order valence-corrected chi connectivity index (χ3v) is 5.25. The Morgan fingerprint density at radius 1 is 1.24 bits per heavy atom. The van der Waals surface area contributed by atoms with Crippen LogP contribution < -0.4 is 4.90 Å². The molecule has 5 nitrogen and oxygen atoms in total. The third-order valence-electron chi connectivity index (χ3n) is 3.87. The molecule has 1 N–H and O–H groups in total. The lowest BCUT2D eigenvalue weighted by Crippen LogP contribution is -2.33. The number of nitrogens with zero attached hydrogens (tertiary/aromatic N) is 2. The van der Waals surface area contributed by atoms with Crippen LogP contribution in [0.4, 0.5) is 5.69 Å². The molecule has 7 heteroatoms. The van der Waals surface area contributed by atoms with Crippen LogP contribution in [0.2, 0.25) is 0 Å². The summed E-state index contributed by atoms with van der Waals surface area (Å²) in [7, 11) is 3.97. The fourth-order valence-electron chi connectivity index (χ4n) is 2.74. The van der Waals surface area contributed by atoms with Gasteiger partial charge in [0, 0.05) is 25.2 Å². The average Bonchev–Trinajstić information content (AvgIpc) is 2.82. The second-order valence-electron chi connectivity index (χ2n) is 5.78. The van der Waals surface area contributed by atoms with Crippen LogP contribution in [-0.2, 0) is 9.59 Å². The van der Waals surface area contributed by atoms with Crippen molar-refractivity contribution in [2.75, 3.05) is 25.5 Å². The predicted octanol–water partition coefficient (Wildman–Crippen LogP) is 3.19. The van der Waals surface area contributed by atoms with Gasteiger partial charge in [0.25, 0.3) is 5.91 Å². The number of aliphatic carboxylic acids is 1. The van der Waals surface area contributed by atoms with Gasteiger partial charge in [-0.3, -0.25) is 14.5 Å². The van der Waals surface area contributed by atoms with E-state index in [2.05, 4.69) is 0 Å². The van der Waals surface area contributed by atoms with Crippen LogP contribution in [0, 0.1) is 0 Å². The van der Waals surface area contributed by atoms with Crippen molar-refractivity contribution in [3.8, 4) is 0 Å². The summed E-state index contributed by atoms with van der Waals surface area (Å²) in [6.07, 6.45) is 1.78. The number of carbonyl (C=O) groups excluding carboxylic acids is 1. The number of hydrogen-bond donors (Lipinski definition) is 1. The molecule has 1 heterocycles. The van der Waals surface area contributed by atoms with Gasteiger partial charge in [0.15, 0.2) is 0 Å². The molecule has 1 saturated heterocycles. The van der Waals surface area contributed by atoms with Crippen molar-refractivity contribution in [1.29, 1.82) is 0 Å². The first-order valence-corrected chi connectivity index (χ1v) is 8.77. The molecule has 0 radical (unpaired) electrons. The zero-order valence-corrected chi connectivity index (χ0v) is 15.4. The van der Waals surface area contributed by atoms with Gasteiger partial charge in [-0.15, -0.1) is 0 Å². The number of rotatable bonds is 4. The molecule has 0 atom stereocenters. The highest BCUT2D eigenvalue weighted by Crippen LogP contribution is 2.35. The van der Waals surface area contributed by atoms with Crippen molar-refractivity contribution in [2.45, 2.75) is 0 Å². The Bertz CT molecular complexity index is 922. The largest absolute Gasteiger partial charge is 0.480 e. The zero-order valence-electron chi connectivity index (χ0n) is 13.7. The number of carboxylic acids is 1. The molecule has 128 valence electrons. The molecule has 1 amide bonds. The summed E-state index contributed by atoms with van der Waals surface area (Å²) in [5, 5.41) is 11.0. The van der Waals surface area contributed by atoms with Gasteiger partial charge in [0.2, 0.25) is 0 Å². The summed E-state index contributed by atoms with van der Waals surface area (Å²) >= 11 is 6.27. The Morgan fingerprint density at radius 2 is 1.92 bits per heavy atom. The van der Waals surface area contributed by atoms with Crippen molar-refractivity contribution in [3.05, 3.63) is 46.9 Å². The molecule has 1 aliphatic heterocycles. The monoisotopic (exact) mass is 372 g/mol. The van der Waals surface area contributed by atoms with Gasteiger partial charge in [-0.05, 0) is 23.1 Å². The van der Waals surface area contributed by atoms with Crippen LogP contribution in [0.25, 0.3) is 16.8 Å². The summed E-state index contributed by atoms with van der Waals surface area (Å²) in [4.78, 5) is 26.9. The highest BCUT2D eigenvalue weighted by atomic mass is 32.2. The third kappa shape index (κ3) is 3.38. The predicted molar refractivity (Wildman–Crippen MR) is 106 cm³/mol. The van der Waals surface area contributed by atoms with E-state index in [1.807, 2.05) is 55.4 Å². The summed E-state index contributed by atoms with van der Waals surface area (Å²) in [6.45, 7) is -0.414. The number of carboxylic acid groups (broad SMARTS) is 1. The van der Waals surface area contributed by atoms with Gasteiger partial charge in [0.1, 0.15) is 10.9 Å². The number of thioether (sulfide) groups is 1. The Kier molecular flexibility index (Phi) is 4.78. The van der Waals surface area contributed by atoms with Crippen LogP contribution >= 0.6 is 24.0 Å². The molecule has 3 rings (SSSR count). The molecule has 2 aromatic carbocycles. The van der Waals surface area contributed by atoms with E-state index >= 15 is 0 Å². The van der Waals surface area contributed by atoms with Crippen molar-refractivity contribution in [1.82, 2.24) is 4.90 Å². The van der Waals surface area contributed by atoms with Crippen LogP contribution in [0.3, 0.4) is 0 Å². The molecule has 1 aliphatic rings. The van der Waals surface area contributed by atoms with Gasteiger partial charge in [-0.2, -0.15) is 0 Å². The Hall–Kier alpha value is -2.38. The Balaban J connectivity index is 2.05. The van der Waals surface area contributed by atoms with E-state index in [0.29, 0.717) is 4.91 Å². The lowest BCUT2D eigenvalue weighted by Gasteiger charge is -2.16. The van der Waals surface area contributed by atoms with E-state index in [1.54, 1.807) is 6.08 Å². The van der Waals surface area contributed by atoms with E-state index in [4.69, 9.17) is 17.3 Å². The first-order valence-electron chi connectivity index (χ1n) is 7.54. The highest BCUT2D eigenvalue weighted by molar-refractivity contribution is 8.26. The minimum Gasteiger partial charge on any atom is -0.480 e. The van der Waals surface area contributed by atoms with Crippen LogP contribution in [0.1, 0.15) is 5.56 Å². The normalized spacial score (nSPS) is 16.1. The molecule has 0 bridgehead atoms. The van der Waals surface area contributed by atoms with E-state index in [-0.39, 0.29) is 10.2 Å². The number of carbonyl (C=O) groups is 2. The molecular weight excluding hydrogens is 356 g/mol. The SMILES string of the molecule is CN(C)c1ccc(/C=C2/SC(=S)N(CC(=O)O)C2=O)c2ccccc12. The van der Waals surface area contributed by atoms with E-state index in [1.165, 1.54) is 0 Å². The molecule has 25 heavy (non-hydrogen) atoms. The highest BCUT2D eigenvalue weighted by Gasteiger charge is 2.33. The molecule has 0 aromatic heterocycles. The first kappa shape index (κ1) is 17.4. The maximum atomic E-state index is 12.4. The zero-order chi connectivity index (χ0) is 18.1. The Morgan fingerprint density at radius 3 is 2.56 bits per heavy atom. The Labute approximate surface area is 154 Å². The van der Waals surface area contributed by atoms with Gasteiger partial charge < -0.3 is 10.0 Å². The summed E-state index contributed by atoms with van der Waals surface area (Å²) < 4.78 is 0.271. The number of anilines is 1. The fourth-order valence-corrected chi connectivity index (χ4v) is 3.98. The molecule has 0 aliphatic carbocycles. The quantitative estimate of drug-likeness (QED) is 0.657. The second-order valence-corrected chi connectivity index (χ2v) is 7.45. The van der Waals surface area contributed by atoms with Crippen LogP contribution in [-0.4, -0.2) is 46.8 Å². The van der Waals surface area contributed by atoms with Gasteiger partial charge in [-0.1, -0.05) is 54.3 Å². The maximum absolute atomic E-state index is 12.4. The summed E-state index contributed by atoms with van der Waals surface area (Å²) in [5.74, 6) is -1.45.